The summed E-state index contributed by atoms with van der Waals surface area (Å²) in [5, 5.41) is 10.2. The molecule has 0 saturated carbocycles. The molecule has 1 aromatic rings. The maximum atomic E-state index is 12.5. The smallest absolute Gasteiger partial charge is 0.387 e. The molecule has 0 aliphatic carbocycles. The highest BCUT2D eigenvalue weighted by molar-refractivity contribution is 5.94. The highest BCUT2D eigenvalue weighted by Crippen LogP contribution is 2.35. The molecule has 5 nitrogen and oxygen atoms in total. The molecule has 1 N–H and O–H groups in total. The summed E-state index contributed by atoms with van der Waals surface area (Å²) in [5.74, 6) is -0.128. The summed E-state index contributed by atoms with van der Waals surface area (Å²) in [6.45, 7) is -1.22. The molecule has 0 bridgehead atoms. The summed E-state index contributed by atoms with van der Waals surface area (Å²) in [6.07, 6.45) is 2.33. The molecule has 2 aliphatic rings. The van der Waals surface area contributed by atoms with E-state index in [2.05, 4.69) is 4.74 Å². The predicted molar refractivity (Wildman–Crippen MR) is 82.1 cm³/mol. The fraction of sp³-hybridized carbons (Fsp3) is 0.588. The number of likely N-dealkylation sites (tertiary alicyclic amines) is 1. The van der Waals surface area contributed by atoms with Gasteiger partial charge in [-0.05, 0) is 49.9 Å². The van der Waals surface area contributed by atoms with E-state index < -0.39 is 18.3 Å². The van der Waals surface area contributed by atoms with Crippen molar-refractivity contribution in [1.29, 1.82) is 0 Å². The van der Waals surface area contributed by atoms with Crippen LogP contribution in [-0.2, 0) is 4.74 Å². The van der Waals surface area contributed by atoms with Gasteiger partial charge in [-0.2, -0.15) is 8.78 Å². The minimum atomic E-state index is -2.88. The van der Waals surface area contributed by atoms with Gasteiger partial charge in [0.15, 0.2) is 0 Å². The van der Waals surface area contributed by atoms with Crippen LogP contribution in [0, 0.1) is 0 Å². The molecule has 1 amide bonds. The Morgan fingerprint density at radius 2 is 1.96 bits per heavy atom. The van der Waals surface area contributed by atoms with Crippen LogP contribution in [0.3, 0.4) is 0 Å². The maximum absolute atomic E-state index is 12.5. The van der Waals surface area contributed by atoms with Crippen LogP contribution in [0.5, 0.6) is 5.75 Å². The van der Waals surface area contributed by atoms with Crippen molar-refractivity contribution in [2.45, 2.75) is 44.0 Å². The van der Waals surface area contributed by atoms with E-state index in [0.717, 1.165) is 12.8 Å². The lowest BCUT2D eigenvalue weighted by Gasteiger charge is -2.46. The number of ether oxygens (including phenoxy) is 2. The zero-order valence-electron chi connectivity index (χ0n) is 13.3. The van der Waals surface area contributed by atoms with Gasteiger partial charge in [-0.25, -0.2) is 0 Å². The topological polar surface area (TPSA) is 59.0 Å². The second kappa shape index (κ2) is 7.03. The molecule has 1 spiro atoms. The van der Waals surface area contributed by atoms with Crippen LogP contribution >= 0.6 is 0 Å². The van der Waals surface area contributed by atoms with E-state index in [1.165, 1.54) is 24.3 Å². The molecule has 0 radical (unpaired) electrons. The monoisotopic (exact) mass is 341 g/mol. The lowest BCUT2D eigenvalue weighted by Crippen LogP contribution is -2.56. The van der Waals surface area contributed by atoms with Crippen molar-refractivity contribution in [2.75, 3.05) is 19.7 Å². The Labute approximate surface area is 139 Å². The third-order valence-electron chi connectivity index (χ3n) is 4.84. The number of benzene rings is 1. The number of halogens is 2. The van der Waals surface area contributed by atoms with Crippen LogP contribution in [0.15, 0.2) is 24.3 Å². The van der Waals surface area contributed by atoms with E-state index in [0.29, 0.717) is 38.1 Å². The van der Waals surface area contributed by atoms with Gasteiger partial charge in [-0.15, -0.1) is 0 Å². The molecule has 1 atom stereocenters. The second-order valence-corrected chi connectivity index (χ2v) is 6.27. The molecule has 2 aliphatic heterocycles. The fourth-order valence-electron chi connectivity index (χ4n) is 3.44. The zero-order valence-corrected chi connectivity index (χ0v) is 13.3. The Kier molecular flexibility index (Phi) is 5.01. The first-order valence-electron chi connectivity index (χ1n) is 8.16. The zero-order chi connectivity index (χ0) is 17.2. The number of rotatable bonds is 3. The number of aliphatic hydroxyl groups is 1. The summed E-state index contributed by atoms with van der Waals surface area (Å²) >= 11 is 0. The normalized spacial score (nSPS) is 23.5. The van der Waals surface area contributed by atoms with Gasteiger partial charge in [-0.3, -0.25) is 4.79 Å². The van der Waals surface area contributed by atoms with E-state index >= 15 is 0 Å². The highest BCUT2D eigenvalue weighted by Gasteiger charge is 2.44. The van der Waals surface area contributed by atoms with Gasteiger partial charge >= 0.3 is 6.61 Å². The van der Waals surface area contributed by atoms with Crippen molar-refractivity contribution < 1.29 is 28.2 Å². The number of alkyl halides is 2. The largest absolute Gasteiger partial charge is 0.435 e. The molecule has 2 heterocycles. The van der Waals surface area contributed by atoms with E-state index in [9.17, 15) is 18.7 Å². The van der Waals surface area contributed by atoms with Crippen molar-refractivity contribution in [3.05, 3.63) is 29.8 Å². The Balaban J connectivity index is 1.60. The first-order chi connectivity index (χ1) is 11.5. The lowest BCUT2D eigenvalue weighted by atomic mass is 9.82. The van der Waals surface area contributed by atoms with Crippen molar-refractivity contribution in [2.24, 2.45) is 0 Å². The van der Waals surface area contributed by atoms with E-state index in [4.69, 9.17) is 4.74 Å². The molecule has 132 valence electrons. The number of amides is 1. The van der Waals surface area contributed by atoms with Gasteiger partial charge in [-0.1, -0.05) is 0 Å². The van der Waals surface area contributed by atoms with Crippen molar-refractivity contribution in [1.82, 2.24) is 4.90 Å². The van der Waals surface area contributed by atoms with E-state index in [1.54, 1.807) is 4.90 Å². The van der Waals surface area contributed by atoms with Gasteiger partial charge < -0.3 is 19.5 Å². The van der Waals surface area contributed by atoms with Crippen molar-refractivity contribution >= 4 is 5.91 Å². The third-order valence-corrected chi connectivity index (χ3v) is 4.84. The predicted octanol–water partition coefficient (Wildman–Crippen LogP) is 2.43. The number of carbonyl (C=O) groups excluding carboxylic acids is 1. The number of carbonyl (C=O) groups is 1. The van der Waals surface area contributed by atoms with E-state index in [1.807, 2.05) is 0 Å². The summed E-state index contributed by atoms with van der Waals surface area (Å²) in [5.41, 5.74) is -0.0954. The van der Waals surface area contributed by atoms with Crippen molar-refractivity contribution in [3.8, 4) is 5.75 Å². The average molecular weight is 341 g/mol. The molecule has 3 rings (SSSR count). The molecular formula is C17H21F2NO4. The molecule has 0 aromatic heterocycles. The molecule has 24 heavy (non-hydrogen) atoms. The lowest BCUT2D eigenvalue weighted by molar-refractivity contribution is -0.174. The van der Waals surface area contributed by atoms with Gasteiger partial charge in [0.1, 0.15) is 5.75 Å². The standard InChI is InChI=1S/C17H21F2NO4/c18-16(19)24-13-5-3-12(4-6-13)15(22)20-9-7-17(8-10-20)14(21)2-1-11-23-17/h3-6,14,16,21H,1-2,7-11H2/t14-/m1/s1. The maximum Gasteiger partial charge on any atom is 0.387 e. The minimum Gasteiger partial charge on any atom is -0.435 e. The Morgan fingerprint density at radius 3 is 2.54 bits per heavy atom. The first kappa shape index (κ1) is 17.1. The number of piperidine rings is 1. The van der Waals surface area contributed by atoms with E-state index in [-0.39, 0.29) is 11.7 Å². The molecule has 1 aromatic carbocycles. The minimum absolute atomic E-state index is 0.0258. The van der Waals surface area contributed by atoms with Crippen LogP contribution in [0.4, 0.5) is 8.78 Å². The van der Waals surface area contributed by atoms with Crippen LogP contribution in [0.1, 0.15) is 36.0 Å². The molecule has 2 fully saturated rings. The number of hydrogen-bond donors (Lipinski definition) is 1. The van der Waals surface area contributed by atoms with Crippen LogP contribution in [0.2, 0.25) is 0 Å². The number of aliphatic hydroxyl groups excluding tert-OH is 1. The second-order valence-electron chi connectivity index (χ2n) is 6.27. The quantitative estimate of drug-likeness (QED) is 0.917. The van der Waals surface area contributed by atoms with Gasteiger partial charge in [0, 0.05) is 25.3 Å². The SMILES string of the molecule is O=C(c1ccc(OC(F)F)cc1)N1CCC2(CC1)OCCC[C@H]2O. The van der Waals surface area contributed by atoms with Crippen LogP contribution in [0.25, 0.3) is 0 Å². The molecule has 2 saturated heterocycles. The number of nitrogens with zero attached hydrogens (tertiary/aromatic N) is 1. The third kappa shape index (κ3) is 3.52. The van der Waals surface area contributed by atoms with Crippen molar-refractivity contribution in [3.63, 3.8) is 0 Å². The van der Waals surface area contributed by atoms with Gasteiger partial charge in [0.2, 0.25) is 0 Å². The fourth-order valence-corrected chi connectivity index (χ4v) is 3.44. The van der Waals surface area contributed by atoms with Gasteiger partial charge in [0.05, 0.1) is 11.7 Å². The summed E-state index contributed by atoms with van der Waals surface area (Å²) in [7, 11) is 0. The molecular weight excluding hydrogens is 320 g/mol. The highest BCUT2D eigenvalue weighted by atomic mass is 19.3. The Morgan fingerprint density at radius 1 is 1.29 bits per heavy atom. The average Bonchev–Trinajstić information content (AvgIpc) is 2.58. The summed E-state index contributed by atoms with van der Waals surface area (Å²) < 4.78 is 34.4. The van der Waals surface area contributed by atoms with Crippen LogP contribution in [-0.4, -0.2) is 53.9 Å². The number of hydrogen-bond acceptors (Lipinski definition) is 4. The molecule has 0 unspecified atom stereocenters. The molecule has 7 heteroatoms. The van der Waals surface area contributed by atoms with Crippen LogP contribution < -0.4 is 4.74 Å². The summed E-state index contributed by atoms with van der Waals surface area (Å²) in [4.78, 5) is 14.2. The Hall–Kier alpha value is -1.73. The first-order valence-corrected chi connectivity index (χ1v) is 8.16. The summed E-state index contributed by atoms with van der Waals surface area (Å²) in [6, 6.07) is 5.68. The Bertz CT molecular complexity index is 570. The van der Waals surface area contributed by atoms with Gasteiger partial charge in [0.25, 0.3) is 5.91 Å².